The van der Waals surface area contributed by atoms with Crippen LogP contribution in [0, 0.1) is 11.2 Å². The van der Waals surface area contributed by atoms with E-state index >= 15 is 0 Å². The Kier molecular flexibility index (Phi) is 4.77. The highest BCUT2D eigenvalue weighted by atomic mass is 35.5. The zero-order valence-electron chi connectivity index (χ0n) is 13.0. The third-order valence-electron chi connectivity index (χ3n) is 3.96. The van der Waals surface area contributed by atoms with Gasteiger partial charge in [-0.3, -0.25) is 0 Å². The molecular weight excluding hydrogens is 291 g/mol. The van der Waals surface area contributed by atoms with E-state index in [-0.39, 0.29) is 17.0 Å². The van der Waals surface area contributed by atoms with E-state index in [0.717, 1.165) is 24.3 Å². The molecule has 0 fully saturated rings. The Morgan fingerprint density at radius 2 is 2.10 bits per heavy atom. The monoisotopic (exact) mass is 312 g/mol. The van der Waals surface area contributed by atoms with Crippen molar-refractivity contribution in [1.29, 1.82) is 0 Å². The number of nitrogens with zero attached hydrogens (tertiary/aromatic N) is 2. The zero-order valence-corrected chi connectivity index (χ0v) is 13.8. The van der Waals surface area contributed by atoms with Crippen LogP contribution in [-0.2, 0) is 13.0 Å². The number of benzene rings is 1. The van der Waals surface area contributed by atoms with Gasteiger partial charge in [0.05, 0.1) is 18.1 Å². The molecule has 0 N–H and O–H groups in total. The highest BCUT2D eigenvalue weighted by Crippen LogP contribution is 2.30. The van der Waals surface area contributed by atoms with Crippen LogP contribution in [0.25, 0.3) is 11.0 Å². The molecule has 2 aromatic rings. The van der Waals surface area contributed by atoms with Crippen molar-refractivity contribution in [3.8, 4) is 5.75 Å². The summed E-state index contributed by atoms with van der Waals surface area (Å²) in [5, 5.41) is 0. The van der Waals surface area contributed by atoms with Crippen LogP contribution in [0.15, 0.2) is 12.1 Å². The largest absolute Gasteiger partial charge is 0.494 e. The first kappa shape index (κ1) is 16.1. The van der Waals surface area contributed by atoms with Gasteiger partial charge < -0.3 is 9.30 Å². The van der Waals surface area contributed by atoms with Gasteiger partial charge in [-0.25, -0.2) is 9.37 Å². The van der Waals surface area contributed by atoms with Gasteiger partial charge in [-0.2, -0.15) is 0 Å². The van der Waals surface area contributed by atoms with Gasteiger partial charge in [0.15, 0.2) is 11.6 Å². The number of rotatable bonds is 6. The van der Waals surface area contributed by atoms with Gasteiger partial charge in [0.1, 0.15) is 5.82 Å². The third-order valence-corrected chi connectivity index (χ3v) is 4.15. The average Bonchev–Trinajstić information content (AvgIpc) is 2.75. The van der Waals surface area contributed by atoms with Crippen molar-refractivity contribution < 1.29 is 9.13 Å². The van der Waals surface area contributed by atoms with Crippen LogP contribution in [0.4, 0.5) is 4.39 Å². The Balaban J connectivity index is 2.60. The van der Waals surface area contributed by atoms with Crippen molar-refractivity contribution >= 4 is 22.6 Å². The van der Waals surface area contributed by atoms with E-state index in [1.807, 2.05) is 0 Å². The molecule has 1 heterocycles. The van der Waals surface area contributed by atoms with Gasteiger partial charge in [-0.1, -0.05) is 20.8 Å². The summed E-state index contributed by atoms with van der Waals surface area (Å²) in [6.45, 7) is 7.41. The Hall–Kier alpha value is -1.29. The first-order valence-electron chi connectivity index (χ1n) is 7.20. The number of aromatic nitrogens is 2. The highest BCUT2D eigenvalue weighted by molar-refractivity contribution is 6.17. The van der Waals surface area contributed by atoms with E-state index in [9.17, 15) is 4.39 Å². The molecule has 0 spiro atoms. The van der Waals surface area contributed by atoms with Gasteiger partial charge in [0, 0.05) is 31.0 Å². The minimum atomic E-state index is -0.387. The molecule has 21 heavy (non-hydrogen) atoms. The van der Waals surface area contributed by atoms with Gasteiger partial charge >= 0.3 is 0 Å². The lowest BCUT2D eigenvalue weighted by Crippen LogP contribution is -2.20. The smallest absolute Gasteiger partial charge is 0.167 e. The molecule has 0 saturated carbocycles. The van der Waals surface area contributed by atoms with E-state index in [4.69, 9.17) is 16.3 Å². The summed E-state index contributed by atoms with van der Waals surface area (Å²) >= 11 is 5.88. The number of alkyl halides is 1. The van der Waals surface area contributed by atoms with Crippen molar-refractivity contribution in [1.82, 2.24) is 9.55 Å². The predicted octanol–water partition coefficient (Wildman–Crippen LogP) is 4.40. The number of methoxy groups -OCH3 is 1. The Bertz CT molecular complexity index is 637. The molecule has 0 atom stereocenters. The minimum Gasteiger partial charge on any atom is -0.494 e. The summed E-state index contributed by atoms with van der Waals surface area (Å²) in [5.41, 5.74) is 1.69. The van der Waals surface area contributed by atoms with Gasteiger partial charge in [0.2, 0.25) is 0 Å². The summed E-state index contributed by atoms with van der Waals surface area (Å²) in [4.78, 5) is 4.54. The maximum absolute atomic E-state index is 13.9. The van der Waals surface area contributed by atoms with E-state index in [1.54, 1.807) is 6.07 Å². The fourth-order valence-corrected chi connectivity index (χ4v) is 2.49. The third kappa shape index (κ3) is 3.31. The molecule has 0 radical (unpaired) electrons. The molecule has 0 bridgehead atoms. The Morgan fingerprint density at radius 3 is 2.67 bits per heavy atom. The van der Waals surface area contributed by atoms with E-state index in [1.165, 1.54) is 13.2 Å². The fourth-order valence-electron chi connectivity index (χ4n) is 2.32. The van der Waals surface area contributed by atoms with Crippen molar-refractivity contribution in [2.24, 2.45) is 5.41 Å². The quantitative estimate of drug-likeness (QED) is 0.739. The number of aryl methyl sites for hydroxylation is 1. The van der Waals surface area contributed by atoms with E-state index in [0.29, 0.717) is 17.8 Å². The van der Waals surface area contributed by atoms with Crippen molar-refractivity contribution in [2.45, 2.75) is 40.2 Å². The van der Waals surface area contributed by atoms with E-state index in [2.05, 4.69) is 30.3 Å². The van der Waals surface area contributed by atoms with Crippen LogP contribution >= 0.6 is 11.6 Å². The first-order valence-corrected chi connectivity index (χ1v) is 7.74. The predicted molar refractivity (Wildman–Crippen MR) is 84.7 cm³/mol. The molecule has 0 aliphatic heterocycles. The summed E-state index contributed by atoms with van der Waals surface area (Å²) < 4.78 is 21.1. The SMILES string of the molecule is CCC(C)(C)Cn1c(CCCl)nc2cc(F)c(OC)cc21. The molecule has 1 aromatic carbocycles. The van der Waals surface area contributed by atoms with Crippen LogP contribution in [0.1, 0.15) is 33.0 Å². The second kappa shape index (κ2) is 6.22. The molecule has 3 nitrogen and oxygen atoms in total. The number of imidazole rings is 1. The van der Waals surface area contributed by atoms with Crippen LogP contribution in [-0.4, -0.2) is 22.5 Å². The second-order valence-electron chi connectivity index (χ2n) is 6.05. The van der Waals surface area contributed by atoms with Crippen molar-refractivity contribution in [3.63, 3.8) is 0 Å². The number of ether oxygens (including phenoxy) is 1. The summed E-state index contributed by atoms with van der Waals surface area (Å²) in [6.07, 6.45) is 1.71. The standard InChI is InChI=1S/C16H22ClFN2O/c1-5-16(2,3)10-20-13-9-14(21-4)11(18)8-12(13)19-15(20)6-7-17/h8-9H,5-7,10H2,1-4H3. The first-order chi connectivity index (χ1) is 9.91. The maximum atomic E-state index is 13.9. The maximum Gasteiger partial charge on any atom is 0.167 e. The topological polar surface area (TPSA) is 27.1 Å². The van der Waals surface area contributed by atoms with Crippen LogP contribution in [0.2, 0.25) is 0 Å². The normalized spacial score (nSPS) is 12.1. The fraction of sp³-hybridized carbons (Fsp3) is 0.562. The van der Waals surface area contributed by atoms with Gasteiger partial charge in [0.25, 0.3) is 0 Å². The highest BCUT2D eigenvalue weighted by Gasteiger charge is 2.21. The molecule has 0 aliphatic carbocycles. The van der Waals surface area contributed by atoms with Gasteiger partial charge in [-0.15, -0.1) is 11.6 Å². The zero-order chi connectivity index (χ0) is 15.6. The molecule has 0 aliphatic rings. The molecule has 5 heteroatoms. The lowest BCUT2D eigenvalue weighted by Gasteiger charge is -2.24. The lowest BCUT2D eigenvalue weighted by molar-refractivity contribution is 0.294. The molecule has 116 valence electrons. The van der Waals surface area contributed by atoms with Crippen LogP contribution in [0.5, 0.6) is 5.75 Å². The van der Waals surface area contributed by atoms with Crippen LogP contribution < -0.4 is 4.74 Å². The van der Waals surface area contributed by atoms with Crippen molar-refractivity contribution in [3.05, 3.63) is 23.8 Å². The van der Waals surface area contributed by atoms with Gasteiger partial charge in [-0.05, 0) is 11.8 Å². The van der Waals surface area contributed by atoms with E-state index < -0.39 is 0 Å². The summed E-state index contributed by atoms with van der Waals surface area (Å²) in [7, 11) is 1.47. The number of hydrogen-bond donors (Lipinski definition) is 0. The Morgan fingerprint density at radius 1 is 1.38 bits per heavy atom. The molecule has 2 rings (SSSR count). The summed E-state index contributed by atoms with van der Waals surface area (Å²) in [6, 6.07) is 3.16. The second-order valence-corrected chi connectivity index (χ2v) is 6.42. The lowest BCUT2D eigenvalue weighted by atomic mass is 9.90. The van der Waals surface area contributed by atoms with Crippen LogP contribution in [0.3, 0.4) is 0 Å². The molecule has 0 saturated heterocycles. The van der Waals surface area contributed by atoms with Crippen molar-refractivity contribution in [2.75, 3.05) is 13.0 Å². The summed E-state index contributed by atoms with van der Waals surface area (Å²) in [5.74, 6) is 1.25. The minimum absolute atomic E-state index is 0.135. The number of halogens is 2. The average molecular weight is 313 g/mol. The number of hydrogen-bond acceptors (Lipinski definition) is 2. The molecule has 0 unspecified atom stereocenters. The number of fused-ring (bicyclic) bond motifs is 1. The molecule has 0 amide bonds. The Labute approximate surface area is 130 Å². The molecule has 1 aromatic heterocycles. The molecular formula is C16H22ClFN2O.